The van der Waals surface area contributed by atoms with Crippen molar-refractivity contribution in [2.24, 2.45) is 4.99 Å². The summed E-state index contributed by atoms with van der Waals surface area (Å²) in [6.07, 6.45) is 1.13. The molecule has 0 aliphatic rings. The maximum atomic E-state index is 11.1. The van der Waals surface area contributed by atoms with E-state index in [0.29, 0.717) is 28.8 Å². The summed E-state index contributed by atoms with van der Waals surface area (Å²) in [6, 6.07) is 14.2. The van der Waals surface area contributed by atoms with Crippen LogP contribution in [0.3, 0.4) is 0 Å². The molecule has 10 nitrogen and oxygen atoms in total. The van der Waals surface area contributed by atoms with Crippen molar-refractivity contribution in [1.29, 1.82) is 0 Å². The highest BCUT2D eigenvalue weighted by molar-refractivity contribution is 5.89. The van der Waals surface area contributed by atoms with Gasteiger partial charge in [0.15, 0.2) is 5.58 Å². The Hall–Kier alpha value is -4.60. The smallest absolute Gasteiger partial charge is 0.318 e. The first kappa shape index (κ1) is 19.7. The average Bonchev–Trinajstić information content (AvgIpc) is 3.19. The Morgan fingerprint density at radius 1 is 1.06 bits per heavy atom. The number of oxazole rings is 1. The third kappa shape index (κ3) is 3.81. The highest BCUT2D eigenvalue weighted by Crippen LogP contribution is 2.34. The van der Waals surface area contributed by atoms with Crippen molar-refractivity contribution in [3.05, 3.63) is 86.0 Å². The minimum absolute atomic E-state index is 0.149. The van der Waals surface area contributed by atoms with Crippen molar-refractivity contribution in [2.45, 2.75) is 6.92 Å². The molecule has 0 unspecified atom stereocenters. The van der Waals surface area contributed by atoms with Gasteiger partial charge in [-0.25, -0.2) is 4.98 Å². The second-order valence-electron chi connectivity index (χ2n) is 6.67. The second-order valence-corrected chi connectivity index (χ2v) is 6.67. The van der Waals surface area contributed by atoms with Crippen LogP contribution in [0.5, 0.6) is 5.75 Å². The van der Waals surface area contributed by atoms with E-state index in [2.05, 4.69) is 9.98 Å². The molecule has 0 aliphatic heterocycles. The summed E-state index contributed by atoms with van der Waals surface area (Å²) in [5.41, 5.74) is 2.02. The third-order valence-corrected chi connectivity index (χ3v) is 4.58. The zero-order chi connectivity index (χ0) is 22.1. The van der Waals surface area contributed by atoms with E-state index in [0.717, 1.165) is 23.4 Å². The molecule has 0 spiro atoms. The highest BCUT2D eigenvalue weighted by Gasteiger charge is 2.23. The standard InChI is InChI=1S/C21H14N4O6/c1-12-4-2-7-18-19(12)23-21(31-18)13-5-3-6-15(8-13)22-11-14-9-16(24(27)28)10-17(20(14)26)25(29)30/h2-11,26H,1H3. The number of aromatic hydroxyl groups is 1. The molecule has 0 aliphatic carbocycles. The summed E-state index contributed by atoms with van der Waals surface area (Å²) in [5.74, 6) is -0.305. The predicted octanol–water partition coefficient (Wildman–Crippen LogP) is 5.08. The Labute approximate surface area is 174 Å². The number of phenols is 1. The highest BCUT2D eigenvalue weighted by atomic mass is 16.6. The van der Waals surface area contributed by atoms with Gasteiger partial charge in [-0.15, -0.1) is 0 Å². The minimum Gasteiger partial charge on any atom is -0.502 e. The van der Waals surface area contributed by atoms with E-state index in [-0.39, 0.29) is 5.56 Å². The summed E-state index contributed by atoms with van der Waals surface area (Å²) in [7, 11) is 0. The molecule has 3 aromatic carbocycles. The zero-order valence-corrected chi connectivity index (χ0v) is 16.1. The first-order valence-corrected chi connectivity index (χ1v) is 9.00. The van der Waals surface area contributed by atoms with Crippen LogP contribution in [-0.2, 0) is 0 Å². The van der Waals surface area contributed by atoms with Crippen LogP contribution in [0, 0.1) is 27.2 Å². The van der Waals surface area contributed by atoms with E-state index in [9.17, 15) is 25.3 Å². The molecule has 154 valence electrons. The van der Waals surface area contributed by atoms with Gasteiger partial charge in [0.05, 0.1) is 21.6 Å². The first-order chi connectivity index (χ1) is 14.8. The number of para-hydroxylation sites is 1. The number of nitro benzene ring substituents is 2. The molecule has 0 fully saturated rings. The van der Waals surface area contributed by atoms with Crippen LogP contribution < -0.4 is 0 Å². The number of fused-ring (bicyclic) bond motifs is 1. The molecule has 1 N–H and O–H groups in total. The first-order valence-electron chi connectivity index (χ1n) is 9.00. The van der Waals surface area contributed by atoms with Crippen molar-refractivity contribution >= 4 is 34.4 Å². The normalized spacial score (nSPS) is 11.3. The fourth-order valence-corrected chi connectivity index (χ4v) is 3.04. The van der Waals surface area contributed by atoms with Crippen LogP contribution in [0.2, 0.25) is 0 Å². The lowest BCUT2D eigenvalue weighted by atomic mass is 10.1. The topological polar surface area (TPSA) is 145 Å². The van der Waals surface area contributed by atoms with Gasteiger partial charge >= 0.3 is 5.69 Å². The zero-order valence-electron chi connectivity index (χ0n) is 16.1. The summed E-state index contributed by atoms with van der Waals surface area (Å²) >= 11 is 0. The summed E-state index contributed by atoms with van der Waals surface area (Å²) in [5, 5.41) is 32.2. The van der Waals surface area contributed by atoms with Crippen LogP contribution in [-0.4, -0.2) is 26.2 Å². The van der Waals surface area contributed by atoms with Gasteiger partial charge in [-0.05, 0) is 36.8 Å². The molecule has 0 radical (unpaired) electrons. The number of aliphatic imine (C=N–C) groups is 1. The average molecular weight is 418 g/mol. The third-order valence-electron chi connectivity index (χ3n) is 4.58. The number of benzene rings is 3. The van der Waals surface area contributed by atoms with E-state index in [4.69, 9.17) is 4.42 Å². The van der Waals surface area contributed by atoms with Crippen LogP contribution >= 0.6 is 0 Å². The van der Waals surface area contributed by atoms with E-state index >= 15 is 0 Å². The van der Waals surface area contributed by atoms with Crippen molar-refractivity contribution in [3.63, 3.8) is 0 Å². The number of non-ortho nitro benzene ring substituents is 1. The molecular formula is C21H14N4O6. The van der Waals surface area contributed by atoms with Gasteiger partial charge in [-0.2, -0.15) is 0 Å². The summed E-state index contributed by atoms with van der Waals surface area (Å²) in [6.45, 7) is 1.93. The molecule has 1 heterocycles. The maximum Gasteiger partial charge on any atom is 0.318 e. The van der Waals surface area contributed by atoms with E-state index in [1.54, 1.807) is 24.3 Å². The molecule has 0 saturated heterocycles. The van der Waals surface area contributed by atoms with Crippen LogP contribution in [0.1, 0.15) is 11.1 Å². The minimum atomic E-state index is -0.893. The molecule has 1 aromatic heterocycles. The van der Waals surface area contributed by atoms with Gasteiger partial charge in [0.2, 0.25) is 11.6 Å². The molecule has 0 saturated carbocycles. The fraction of sp³-hybridized carbons (Fsp3) is 0.0476. The Morgan fingerprint density at radius 2 is 1.84 bits per heavy atom. The van der Waals surface area contributed by atoms with E-state index in [1.807, 2.05) is 25.1 Å². The fourth-order valence-electron chi connectivity index (χ4n) is 3.04. The van der Waals surface area contributed by atoms with Gasteiger partial charge in [0.25, 0.3) is 5.69 Å². The molecule has 4 aromatic rings. The lowest BCUT2D eigenvalue weighted by Crippen LogP contribution is -1.96. The number of hydrogen-bond acceptors (Lipinski definition) is 8. The number of aromatic nitrogens is 1. The van der Waals surface area contributed by atoms with Crippen LogP contribution in [0.25, 0.3) is 22.6 Å². The SMILES string of the molecule is Cc1cccc2oc(-c3cccc(N=Cc4cc([N+](=O)[O-])cc([N+](=O)[O-])c4O)c3)nc12. The number of rotatable bonds is 5. The Bertz CT molecular complexity index is 1380. The van der Waals surface area contributed by atoms with Gasteiger partial charge in [-0.3, -0.25) is 25.2 Å². The largest absolute Gasteiger partial charge is 0.502 e. The molecule has 0 atom stereocenters. The van der Waals surface area contributed by atoms with Crippen molar-refractivity contribution in [2.75, 3.05) is 0 Å². The summed E-state index contributed by atoms with van der Waals surface area (Å²) in [4.78, 5) is 29.2. The van der Waals surface area contributed by atoms with Crippen LogP contribution in [0.15, 0.2) is 64.0 Å². The number of hydrogen-bond donors (Lipinski definition) is 1. The quantitative estimate of drug-likeness (QED) is 0.270. The molecule has 31 heavy (non-hydrogen) atoms. The molecule has 0 bridgehead atoms. The number of phenolic OH excluding ortho intramolecular Hbond substituents is 1. The van der Waals surface area contributed by atoms with Gasteiger partial charge in [0.1, 0.15) is 5.52 Å². The van der Waals surface area contributed by atoms with Gasteiger partial charge < -0.3 is 9.52 Å². The lowest BCUT2D eigenvalue weighted by molar-refractivity contribution is -0.394. The summed E-state index contributed by atoms with van der Waals surface area (Å²) < 4.78 is 5.80. The lowest BCUT2D eigenvalue weighted by Gasteiger charge is -2.02. The van der Waals surface area contributed by atoms with Gasteiger partial charge in [-0.1, -0.05) is 18.2 Å². The van der Waals surface area contributed by atoms with E-state index in [1.165, 1.54) is 0 Å². The van der Waals surface area contributed by atoms with E-state index < -0.39 is 27.0 Å². The monoisotopic (exact) mass is 418 g/mol. The number of aryl methyl sites for hydroxylation is 1. The van der Waals surface area contributed by atoms with Crippen molar-refractivity contribution in [3.8, 4) is 17.2 Å². The Morgan fingerprint density at radius 3 is 2.55 bits per heavy atom. The predicted molar refractivity (Wildman–Crippen MR) is 113 cm³/mol. The van der Waals surface area contributed by atoms with Crippen molar-refractivity contribution < 1.29 is 19.4 Å². The molecule has 0 amide bonds. The Kier molecular flexibility index (Phi) is 4.88. The second kappa shape index (κ2) is 7.67. The maximum absolute atomic E-state index is 11.1. The molecule has 4 rings (SSSR count). The van der Waals surface area contributed by atoms with Gasteiger partial charge in [0, 0.05) is 23.4 Å². The number of nitrogens with zero attached hydrogens (tertiary/aromatic N) is 4. The molecular weight excluding hydrogens is 404 g/mol. The molecule has 10 heteroatoms. The van der Waals surface area contributed by atoms with Crippen molar-refractivity contribution in [1.82, 2.24) is 4.98 Å². The Balaban J connectivity index is 1.71. The number of nitro groups is 2. The van der Waals surface area contributed by atoms with Crippen LogP contribution in [0.4, 0.5) is 17.1 Å².